The number of imide groups is 1. The molecule has 2 aromatic carbocycles. The Morgan fingerprint density at radius 3 is 2.59 bits per heavy atom. The van der Waals surface area contributed by atoms with Crippen LogP contribution in [0, 0.1) is 0 Å². The van der Waals surface area contributed by atoms with Crippen molar-refractivity contribution in [2.75, 3.05) is 23.0 Å². The lowest BCUT2D eigenvalue weighted by Gasteiger charge is -2.25. The number of para-hydroxylation sites is 1. The van der Waals surface area contributed by atoms with E-state index < -0.39 is 12.0 Å². The Hall–Kier alpha value is -3.15. The Kier molecular flexibility index (Phi) is 4.39. The van der Waals surface area contributed by atoms with Gasteiger partial charge in [0.25, 0.3) is 5.91 Å². The van der Waals surface area contributed by atoms with Crippen molar-refractivity contribution in [1.82, 2.24) is 0 Å². The zero-order chi connectivity index (χ0) is 19.0. The van der Waals surface area contributed by atoms with E-state index in [-0.39, 0.29) is 18.2 Å². The maximum Gasteiger partial charge on any atom is 0.338 e. The fraction of sp³-hybridized carbons (Fsp3) is 0.286. The highest BCUT2D eigenvalue weighted by molar-refractivity contribution is 6.23. The molecule has 0 unspecified atom stereocenters. The molecule has 2 aliphatic heterocycles. The van der Waals surface area contributed by atoms with Crippen LogP contribution in [0.2, 0.25) is 0 Å². The summed E-state index contributed by atoms with van der Waals surface area (Å²) in [6.07, 6.45) is 1.04. The summed E-state index contributed by atoms with van der Waals surface area (Å²) in [5.74, 6) is -0.867. The molecular weight excluding hydrogens is 344 g/mol. The Balaban J connectivity index is 1.56. The third-order valence-corrected chi connectivity index (χ3v) is 5.06. The van der Waals surface area contributed by atoms with E-state index >= 15 is 0 Å². The summed E-state index contributed by atoms with van der Waals surface area (Å²) >= 11 is 0. The lowest BCUT2D eigenvalue weighted by atomic mass is 10.1. The molecule has 2 heterocycles. The van der Waals surface area contributed by atoms with Crippen molar-refractivity contribution in [2.45, 2.75) is 25.8 Å². The highest BCUT2D eigenvalue weighted by Crippen LogP contribution is 2.34. The number of carbonyl (C=O) groups is 3. The minimum Gasteiger partial charge on any atom is -0.462 e. The van der Waals surface area contributed by atoms with Crippen LogP contribution in [0.1, 0.15) is 29.3 Å². The summed E-state index contributed by atoms with van der Waals surface area (Å²) in [4.78, 5) is 40.6. The molecule has 4 rings (SSSR count). The van der Waals surface area contributed by atoms with Crippen molar-refractivity contribution in [2.24, 2.45) is 0 Å². The van der Waals surface area contributed by atoms with Crippen molar-refractivity contribution in [1.29, 1.82) is 0 Å². The molecule has 2 amide bonds. The number of benzene rings is 2. The van der Waals surface area contributed by atoms with Gasteiger partial charge in [0.15, 0.2) is 0 Å². The molecule has 138 valence electrons. The number of ether oxygens (including phenoxy) is 1. The Labute approximate surface area is 157 Å². The van der Waals surface area contributed by atoms with Gasteiger partial charge in [-0.3, -0.25) is 9.59 Å². The molecule has 0 radical (unpaired) electrons. The number of hydrogen-bond donors (Lipinski definition) is 0. The van der Waals surface area contributed by atoms with E-state index in [2.05, 4.69) is 6.07 Å². The van der Waals surface area contributed by atoms with Crippen LogP contribution in [-0.4, -0.2) is 37.0 Å². The van der Waals surface area contributed by atoms with Crippen LogP contribution in [0.4, 0.5) is 11.4 Å². The molecule has 27 heavy (non-hydrogen) atoms. The van der Waals surface area contributed by atoms with Crippen LogP contribution in [0.25, 0.3) is 0 Å². The summed E-state index contributed by atoms with van der Waals surface area (Å²) in [6.45, 7) is 2.77. The molecule has 6 heteroatoms. The molecule has 0 N–H and O–H groups in total. The second kappa shape index (κ2) is 6.87. The quantitative estimate of drug-likeness (QED) is 0.616. The maximum atomic E-state index is 13.0. The smallest absolute Gasteiger partial charge is 0.338 e. The van der Waals surface area contributed by atoms with E-state index in [1.165, 1.54) is 10.5 Å². The molecule has 1 atom stereocenters. The van der Waals surface area contributed by atoms with E-state index in [0.29, 0.717) is 17.9 Å². The first-order valence-electron chi connectivity index (χ1n) is 9.08. The highest BCUT2D eigenvalue weighted by Gasteiger charge is 2.44. The second-order valence-electron chi connectivity index (χ2n) is 6.63. The monoisotopic (exact) mass is 364 g/mol. The predicted octanol–water partition coefficient (Wildman–Crippen LogP) is 2.56. The molecule has 1 saturated heterocycles. The summed E-state index contributed by atoms with van der Waals surface area (Å²) in [5.41, 5.74) is 3.11. The van der Waals surface area contributed by atoms with Crippen LogP contribution in [-0.2, 0) is 20.7 Å². The first-order chi connectivity index (χ1) is 13.1. The largest absolute Gasteiger partial charge is 0.462 e. The van der Waals surface area contributed by atoms with Gasteiger partial charge in [0, 0.05) is 12.2 Å². The summed E-state index contributed by atoms with van der Waals surface area (Å²) in [5, 5.41) is 0. The summed E-state index contributed by atoms with van der Waals surface area (Å²) in [7, 11) is 0. The SMILES string of the molecule is CCOC(=O)c1ccc(N2C(=O)C[C@H](N3CCc4ccccc43)C2=O)cc1. The molecule has 0 bridgehead atoms. The van der Waals surface area contributed by atoms with E-state index in [1.54, 1.807) is 31.2 Å². The fourth-order valence-corrected chi connectivity index (χ4v) is 3.78. The Bertz CT molecular complexity index is 907. The number of esters is 1. The van der Waals surface area contributed by atoms with Crippen molar-refractivity contribution in [3.8, 4) is 0 Å². The highest BCUT2D eigenvalue weighted by atomic mass is 16.5. The van der Waals surface area contributed by atoms with E-state index in [9.17, 15) is 14.4 Å². The lowest BCUT2D eigenvalue weighted by molar-refractivity contribution is -0.121. The van der Waals surface area contributed by atoms with Crippen LogP contribution < -0.4 is 9.80 Å². The summed E-state index contributed by atoms with van der Waals surface area (Å²) < 4.78 is 4.96. The van der Waals surface area contributed by atoms with Crippen molar-refractivity contribution in [3.63, 3.8) is 0 Å². The molecule has 0 spiro atoms. The molecule has 2 aliphatic rings. The number of carbonyl (C=O) groups excluding carboxylic acids is 3. The van der Waals surface area contributed by atoms with Crippen LogP contribution in [0.3, 0.4) is 0 Å². The van der Waals surface area contributed by atoms with E-state index in [1.807, 2.05) is 23.1 Å². The first kappa shape index (κ1) is 17.3. The van der Waals surface area contributed by atoms with Gasteiger partial charge < -0.3 is 9.64 Å². The van der Waals surface area contributed by atoms with Gasteiger partial charge in [0.05, 0.1) is 24.3 Å². The number of nitrogens with zero attached hydrogens (tertiary/aromatic N) is 2. The zero-order valence-corrected chi connectivity index (χ0v) is 15.1. The fourth-order valence-electron chi connectivity index (χ4n) is 3.78. The molecule has 2 aromatic rings. The average molecular weight is 364 g/mol. The molecule has 1 fully saturated rings. The van der Waals surface area contributed by atoms with Gasteiger partial charge in [0.2, 0.25) is 5.91 Å². The van der Waals surface area contributed by atoms with Gasteiger partial charge in [-0.25, -0.2) is 9.69 Å². The van der Waals surface area contributed by atoms with Crippen LogP contribution in [0.5, 0.6) is 0 Å². The third kappa shape index (κ3) is 2.97. The van der Waals surface area contributed by atoms with Gasteiger partial charge in [-0.05, 0) is 49.2 Å². The Morgan fingerprint density at radius 2 is 1.85 bits per heavy atom. The van der Waals surface area contributed by atoms with Crippen LogP contribution in [0.15, 0.2) is 48.5 Å². The predicted molar refractivity (Wildman–Crippen MR) is 101 cm³/mol. The Morgan fingerprint density at radius 1 is 1.11 bits per heavy atom. The molecule has 0 saturated carbocycles. The van der Waals surface area contributed by atoms with Gasteiger partial charge >= 0.3 is 5.97 Å². The van der Waals surface area contributed by atoms with Gasteiger partial charge in [0.1, 0.15) is 6.04 Å². The molecule has 0 aromatic heterocycles. The normalized spacial score (nSPS) is 18.8. The number of amides is 2. The number of hydrogen-bond acceptors (Lipinski definition) is 5. The zero-order valence-electron chi connectivity index (χ0n) is 15.1. The first-order valence-corrected chi connectivity index (χ1v) is 9.08. The number of rotatable bonds is 4. The maximum absolute atomic E-state index is 13.0. The molecule has 0 aliphatic carbocycles. The number of anilines is 2. The van der Waals surface area contributed by atoms with Crippen molar-refractivity contribution in [3.05, 3.63) is 59.7 Å². The molecule has 6 nitrogen and oxygen atoms in total. The van der Waals surface area contributed by atoms with Crippen molar-refractivity contribution < 1.29 is 19.1 Å². The minimum absolute atomic E-state index is 0.160. The minimum atomic E-state index is -0.481. The van der Waals surface area contributed by atoms with Crippen LogP contribution >= 0.6 is 0 Å². The van der Waals surface area contributed by atoms with Gasteiger partial charge in [-0.2, -0.15) is 0 Å². The average Bonchev–Trinajstić information content (AvgIpc) is 3.22. The lowest BCUT2D eigenvalue weighted by Crippen LogP contribution is -2.41. The van der Waals surface area contributed by atoms with Crippen molar-refractivity contribution >= 4 is 29.2 Å². The number of fused-ring (bicyclic) bond motifs is 1. The van der Waals surface area contributed by atoms with E-state index in [4.69, 9.17) is 4.74 Å². The van der Waals surface area contributed by atoms with Gasteiger partial charge in [-0.15, -0.1) is 0 Å². The van der Waals surface area contributed by atoms with E-state index in [0.717, 1.165) is 18.7 Å². The summed E-state index contributed by atoms with van der Waals surface area (Å²) in [6, 6.07) is 13.9. The standard InChI is InChI=1S/C21H20N2O4/c1-2-27-21(26)15-7-9-16(10-8-15)23-19(24)13-18(20(23)25)22-12-11-14-5-3-4-6-17(14)22/h3-10,18H,2,11-13H2,1H3/t18-/m0/s1. The molecular formula is C21H20N2O4. The third-order valence-electron chi connectivity index (χ3n) is 5.06. The topological polar surface area (TPSA) is 66.9 Å². The second-order valence-corrected chi connectivity index (χ2v) is 6.63. The van der Waals surface area contributed by atoms with Gasteiger partial charge in [-0.1, -0.05) is 18.2 Å².